The molecule has 0 aliphatic heterocycles. The van der Waals surface area contributed by atoms with Gasteiger partial charge in [0.25, 0.3) is 0 Å². The first kappa shape index (κ1) is 11.1. The number of aromatic nitrogens is 2. The minimum absolute atomic E-state index is 0.686. The molecule has 1 aliphatic rings. The maximum absolute atomic E-state index is 4.28. The van der Waals surface area contributed by atoms with Crippen molar-refractivity contribution >= 4 is 15.9 Å². The largest absolute Gasteiger partial charge is 0.317 e. The van der Waals surface area contributed by atoms with E-state index < -0.39 is 0 Å². The van der Waals surface area contributed by atoms with E-state index in [1.165, 1.54) is 18.5 Å². The van der Waals surface area contributed by atoms with E-state index in [0.29, 0.717) is 5.92 Å². The Morgan fingerprint density at radius 1 is 1.60 bits per heavy atom. The zero-order chi connectivity index (χ0) is 10.8. The van der Waals surface area contributed by atoms with Crippen LogP contribution in [0.5, 0.6) is 0 Å². The summed E-state index contributed by atoms with van der Waals surface area (Å²) in [4.78, 5) is 0. The van der Waals surface area contributed by atoms with Crippen molar-refractivity contribution in [2.45, 2.75) is 25.7 Å². The minimum atomic E-state index is 0.686. The molecule has 3 nitrogen and oxygen atoms in total. The Balaban J connectivity index is 2.05. The van der Waals surface area contributed by atoms with Gasteiger partial charge in [0.1, 0.15) is 0 Å². The zero-order valence-corrected chi connectivity index (χ0v) is 10.9. The minimum Gasteiger partial charge on any atom is -0.317 e. The Morgan fingerprint density at radius 2 is 2.40 bits per heavy atom. The third-order valence-electron chi connectivity index (χ3n) is 3.36. The molecule has 0 bridgehead atoms. The van der Waals surface area contributed by atoms with Gasteiger partial charge in [-0.15, -0.1) is 0 Å². The van der Waals surface area contributed by atoms with Crippen molar-refractivity contribution in [3.05, 3.63) is 16.4 Å². The summed E-state index contributed by atoms with van der Waals surface area (Å²) in [5.74, 6) is 1.47. The highest BCUT2D eigenvalue weighted by atomic mass is 79.9. The van der Waals surface area contributed by atoms with Crippen molar-refractivity contribution in [1.82, 2.24) is 15.1 Å². The molecule has 4 heteroatoms. The summed E-state index contributed by atoms with van der Waals surface area (Å²) < 4.78 is 3.17. The molecule has 1 saturated carbocycles. The Bertz CT molecular complexity index is 315. The number of hydrogen-bond acceptors (Lipinski definition) is 2. The smallest absolute Gasteiger partial charge is 0.0635 e. The highest BCUT2D eigenvalue weighted by Gasteiger charge is 2.34. The van der Waals surface area contributed by atoms with Crippen molar-refractivity contribution < 1.29 is 0 Å². The van der Waals surface area contributed by atoms with E-state index in [1.807, 2.05) is 17.9 Å². The third kappa shape index (κ3) is 2.11. The molecule has 84 valence electrons. The van der Waals surface area contributed by atoms with E-state index in [-0.39, 0.29) is 0 Å². The SMILES string of the molecule is CCNCC1CCC1c1c(Br)cnn1C. The van der Waals surface area contributed by atoms with Crippen LogP contribution in [0.1, 0.15) is 31.4 Å². The van der Waals surface area contributed by atoms with Crippen LogP contribution >= 0.6 is 15.9 Å². The molecule has 2 unspecified atom stereocenters. The molecule has 0 radical (unpaired) electrons. The molecule has 0 aromatic carbocycles. The van der Waals surface area contributed by atoms with Gasteiger partial charge in [0.15, 0.2) is 0 Å². The molecular weight excluding hydrogens is 254 g/mol. The summed E-state index contributed by atoms with van der Waals surface area (Å²) in [5.41, 5.74) is 1.36. The number of halogens is 1. The second kappa shape index (κ2) is 4.66. The summed E-state index contributed by atoms with van der Waals surface area (Å²) in [6, 6.07) is 0. The maximum Gasteiger partial charge on any atom is 0.0635 e. The molecule has 1 heterocycles. The molecule has 1 N–H and O–H groups in total. The lowest BCUT2D eigenvalue weighted by Crippen LogP contribution is -2.34. The van der Waals surface area contributed by atoms with Gasteiger partial charge in [0.2, 0.25) is 0 Å². The van der Waals surface area contributed by atoms with Gasteiger partial charge in [-0.1, -0.05) is 6.92 Å². The number of nitrogens with zero attached hydrogens (tertiary/aromatic N) is 2. The maximum atomic E-state index is 4.28. The second-order valence-electron chi connectivity index (χ2n) is 4.25. The summed E-state index contributed by atoms with van der Waals surface area (Å²) >= 11 is 3.58. The molecule has 0 saturated heterocycles. The van der Waals surface area contributed by atoms with Crippen molar-refractivity contribution in [2.24, 2.45) is 13.0 Å². The normalized spacial score (nSPS) is 25.3. The second-order valence-corrected chi connectivity index (χ2v) is 5.11. The molecule has 1 aromatic heterocycles. The molecule has 1 aromatic rings. The third-order valence-corrected chi connectivity index (χ3v) is 3.97. The van der Waals surface area contributed by atoms with E-state index in [0.717, 1.165) is 23.5 Å². The Hall–Kier alpha value is -0.350. The van der Waals surface area contributed by atoms with E-state index in [1.54, 1.807) is 0 Å². The molecule has 1 fully saturated rings. The van der Waals surface area contributed by atoms with Gasteiger partial charge in [-0.2, -0.15) is 5.10 Å². The van der Waals surface area contributed by atoms with E-state index >= 15 is 0 Å². The fourth-order valence-corrected chi connectivity index (χ4v) is 2.98. The molecule has 2 rings (SSSR count). The van der Waals surface area contributed by atoms with Gasteiger partial charge in [-0.3, -0.25) is 4.68 Å². The monoisotopic (exact) mass is 271 g/mol. The highest BCUT2D eigenvalue weighted by molar-refractivity contribution is 9.10. The molecule has 2 atom stereocenters. The van der Waals surface area contributed by atoms with E-state index in [4.69, 9.17) is 0 Å². The van der Waals surface area contributed by atoms with Gasteiger partial charge in [-0.05, 0) is 47.8 Å². The zero-order valence-electron chi connectivity index (χ0n) is 9.33. The van der Waals surface area contributed by atoms with Gasteiger partial charge in [-0.25, -0.2) is 0 Å². The molecular formula is C11H18BrN3. The number of rotatable bonds is 4. The first-order valence-electron chi connectivity index (χ1n) is 5.62. The van der Waals surface area contributed by atoms with Crippen LogP contribution in [0.3, 0.4) is 0 Å². The summed E-state index contributed by atoms with van der Waals surface area (Å²) in [6.07, 6.45) is 4.54. The lowest BCUT2D eigenvalue weighted by Gasteiger charge is -2.37. The molecule has 0 amide bonds. The van der Waals surface area contributed by atoms with Crippen LogP contribution in [-0.4, -0.2) is 22.9 Å². The predicted octanol–water partition coefficient (Wildman–Crippen LogP) is 2.29. The standard InChI is InChI=1S/C11H18BrN3/c1-3-13-6-8-4-5-9(8)11-10(12)7-14-15(11)2/h7-9,13H,3-6H2,1-2H3. The fraction of sp³-hybridized carbons (Fsp3) is 0.727. The number of hydrogen-bond donors (Lipinski definition) is 1. The predicted molar refractivity (Wildman–Crippen MR) is 64.9 cm³/mol. The van der Waals surface area contributed by atoms with Crippen molar-refractivity contribution in [3.8, 4) is 0 Å². The number of nitrogens with one attached hydrogen (secondary N) is 1. The summed E-state index contributed by atoms with van der Waals surface area (Å²) in [6.45, 7) is 4.36. The molecule has 15 heavy (non-hydrogen) atoms. The van der Waals surface area contributed by atoms with Crippen molar-refractivity contribution in [2.75, 3.05) is 13.1 Å². The average molecular weight is 272 g/mol. The van der Waals surface area contributed by atoms with E-state index in [2.05, 4.69) is 33.3 Å². The lowest BCUT2D eigenvalue weighted by molar-refractivity contribution is 0.236. The van der Waals surface area contributed by atoms with Gasteiger partial charge in [0.05, 0.1) is 16.4 Å². The van der Waals surface area contributed by atoms with Gasteiger partial charge < -0.3 is 5.32 Å². The van der Waals surface area contributed by atoms with Crippen LogP contribution < -0.4 is 5.32 Å². The van der Waals surface area contributed by atoms with Crippen molar-refractivity contribution in [3.63, 3.8) is 0 Å². The van der Waals surface area contributed by atoms with Gasteiger partial charge >= 0.3 is 0 Å². The number of aryl methyl sites for hydroxylation is 1. The van der Waals surface area contributed by atoms with E-state index in [9.17, 15) is 0 Å². The molecule has 1 aliphatic carbocycles. The molecule has 0 spiro atoms. The van der Waals surface area contributed by atoms with Gasteiger partial charge in [0, 0.05) is 13.0 Å². The first-order valence-corrected chi connectivity index (χ1v) is 6.41. The van der Waals surface area contributed by atoms with Crippen LogP contribution in [0.4, 0.5) is 0 Å². The van der Waals surface area contributed by atoms with Crippen LogP contribution in [0, 0.1) is 5.92 Å². The summed E-state index contributed by atoms with van der Waals surface area (Å²) in [5, 5.41) is 7.72. The van der Waals surface area contributed by atoms with Crippen LogP contribution in [-0.2, 0) is 7.05 Å². The summed E-state index contributed by atoms with van der Waals surface area (Å²) in [7, 11) is 2.03. The fourth-order valence-electron chi connectivity index (χ4n) is 2.34. The quantitative estimate of drug-likeness (QED) is 0.911. The lowest BCUT2D eigenvalue weighted by atomic mass is 9.72. The Kier molecular flexibility index (Phi) is 3.46. The Labute approximate surface area is 99.4 Å². The average Bonchev–Trinajstić information content (AvgIpc) is 2.49. The topological polar surface area (TPSA) is 29.9 Å². The first-order chi connectivity index (χ1) is 7.24. The Morgan fingerprint density at radius 3 is 2.87 bits per heavy atom. The highest BCUT2D eigenvalue weighted by Crippen LogP contribution is 2.44. The van der Waals surface area contributed by atoms with Crippen LogP contribution in [0.25, 0.3) is 0 Å². The van der Waals surface area contributed by atoms with Crippen LogP contribution in [0.2, 0.25) is 0 Å². The van der Waals surface area contributed by atoms with Crippen LogP contribution in [0.15, 0.2) is 10.7 Å². The van der Waals surface area contributed by atoms with Crippen molar-refractivity contribution in [1.29, 1.82) is 0 Å².